The molecule has 1 aromatic heterocycles. The minimum atomic E-state index is -0.459. The lowest BCUT2D eigenvalue weighted by Gasteiger charge is -2.19. The average molecular weight is 363 g/mol. The minimum absolute atomic E-state index is 0.366. The Balaban J connectivity index is 0. The average Bonchev–Trinajstić information content (AvgIpc) is 2.92. The molecule has 0 aliphatic heterocycles. The van der Waals surface area contributed by atoms with E-state index in [0.717, 1.165) is 23.5 Å². The van der Waals surface area contributed by atoms with E-state index in [1.807, 2.05) is 46.9 Å². The molecule has 0 fully saturated rings. The molecule has 0 atom stereocenters. The molecule has 0 saturated carbocycles. The Morgan fingerprint density at radius 2 is 1.85 bits per heavy atom. The second-order valence-electron chi connectivity index (χ2n) is 6.61. The van der Waals surface area contributed by atoms with Crippen molar-refractivity contribution in [2.75, 3.05) is 6.54 Å². The molecule has 0 radical (unpaired) electrons. The van der Waals surface area contributed by atoms with Gasteiger partial charge in [-0.1, -0.05) is 32.1 Å². The van der Waals surface area contributed by atoms with Crippen LogP contribution in [0.3, 0.4) is 0 Å². The van der Waals surface area contributed by atoms with Gasteiger partial charge >= 0.3 is 6.09 Å². The number of alkyl carbamates (subject to hydrolysis) is 1. The van der Waals surface area contributed by atoms with Crippen molar-refractivity contribution < 1.29 is 9.53 Å². The molecule has 0 aliphatic carbocycles. The van der Waals surface area contributed by atoms with Crippen LogP contribution in [0.15, 0.2) is 37.1 Å². The fourth-order valence-electron chi connectivity index (χ4n) is 1.93. The summed E-state index contributed by atoms with van der Waals surface area (Å²) in [5, 5.41) is 4.90. The van der Waals surface area contributed by atoms with Crippen LogP contribution in [0.2, 0.25) is 0 Å². The predicted molar refractivity (Wildman–Crippen MR) is 115 cm³/mol. The number of carbonyl (C=O) groups is 1. The van der Waals surface area contributed by atoms with Crippen molar-refractivity contribution in [1.29, 1.82) is 0 Å². The summed E-state index contributed by atoms with van der Waals surface area (Å²) in [5.74, 6) is 0. The Labute approximate surface area is 159 Å². The van der Waals surface area contributed by atoms with Gasteiger partial charge in [0.25, 0.3) is 0 Å². The lowest BCUT2D eigenvalue weighted by Crippen LogP contribution is -2.34. The van der Waals surface area contributed by atoms with Crippen molar-refractivity contribution in [2.45, 2.75) is 67.0 Å². The lowest BCUT2D eigenvalue weighted by atomic mass is 10.2. The summed E-state index contributed by atoms with van der Waals surface area (Å²) in [6.07, 6.45) is 6.66. The lowest BCUT2D eigenvalue weighted by molar-refractivity contribution is 0.0526. The van der Waals surface area contributed by atoms with Gasteiger partial charge in [0, 0.05) is 24.6 Å². The van der Waals surface area contributed by atoms with E-state index in [1.54, 1.807) is 0 Å². The highest BCUT2D eigenvalue weighted by Crippen LogP contribution is 2.06. The smallest absolute Gasteiger partial charge is 0.407 e. The third kappa shape index (κ3) is 12.2. The van der Waals surface area contributed by atoms with Gasteiger partial charge in [-0.2, -0.15) is 0 Å². The van der Waals surface area contributed by atoms with Crippen molar-refractivity contribution in [3.05, 3.63) is 47.6 Å². The van der Waals surface area contributed by atoms with Crippen LogP contribution in [0.4, 0.5) is 4.79 Å². The Kier molecular flexibility index (Phi) is 14.0. The number of amides is 1. The molecule has 0 aliphatic rings. The van der Waals surface area contributed by atoms with E-state index in [4.69, 9.17) is 4.74 Å². The summed E-state index contributed by atoms with van der Waals surface area (Å²) in [6.45, 7) is 25.2. The van der Waals surface area contributed by atoms with Crippen LogP contribution in [0.25, 0.3) is 12.7 Å². The zero-order valence-corrected chi connectivity index (χ0v) is 17.8. The van der Waals surface area contributed by atoms with Crippen LogP contribution in [-0.2, 0) is 11.3 Å². The fraction of sp³-hybridized carbons (Fsp3) is 0.500. The fourth-order valence-corrected chi connectivity index (χ4v) is 1.93. The number of aromatic nitrogens is 1. The Hall–Kier alpha value is -2.23. The maximum atomic E-state index is 11.6. The minimum Gasteiger partial charge on any atom is -0.444 e. The van der Waals surface area contributed by atoms with Crippen molar-refractivity contribution >= 4 is 18.7 Å². The highest BCUT2D eigenvalue weighted by molar-refractivity contribution is 5.67. The maximum absolute atomic E-state index is 11.6. The molecule has 1 heterocycles. The van der Waals surface area contributed by atoms with Crippen LogP contribution in [-0.4, -0.2) is 22.8 Å². The normalized spacial score (nSPS) is 10.7. The molecule has 0 saturated heterocycles. The number of carbonyl (C=O) groups excluding carboxylic acids is 1. The second kappa shape index (κ2) is 14.0. The number of allylic oxidation sites excluding steroid dienone is 2. The number of rotatable bonds is 5. The van der Waals surface area contributed by atoms with Gasteiger partial charge in [-0.15, -0.1) is 13.2 Å². The van der Waals surface area contributed by atoms with Crippen molar-refractivity contribution in [3.63, 3.8) is 0 Å². The molecule has 0 unspecified atom stereocenters. The van der Waals surface area contributed by atoms with Crippen LogP contribution >= 0.6 is 0 Å². The molecule has 26 heavy (non-hydrogen) atoms. The van der Waals surface area contributed by atoms with E-state index in [-0.39, 0.29) is 6.09 Å². The molecule has 1 rings (SSSR count). The van der Waals surface area contributed by atoms with Gasteiger partial charge in [-0.3, -0.25) is 0 Å². The van der Waals surface area contributed by atoms with Crippen molar-refractivity contribution in [2.24, 2.45) is 0 Å². The molecule has 4 heteroatoms. The van der Waals surface area contributed by atoms with Gasteiger partial charge in [0.05, 0.1) is 0 Å². The number of aryl methyl sites for hydroxylation is 1. The van der Waals surface area contributed by atoms with Gasteiger partial charge in [0.1, 0.15) is 5.60 Å². The third-order valence-corrected chi connectivity index (χ3v) is 2.91. The maximum Gasteiger partial charge on any atom is 0.407 e. The summed E-state index contributed by atoms with van der Waals surface area (Å²) in [7, 11) is 0. The van der Waals surface area contributed by atoms with E-state index in [9.17, 15) is 4.79 Å². The second-order valence-corrected chi connectivity index (χ2v) is 6.61. The number of hydrogen-bond acceptors (Lipinski definition) is 2. The number of ether oxygens (including phenoxy) is 1. The molecule has 1 amide bonds. The Morgan fingerprint density at radius 3 is 2.35 bits per heavy atom. The zero-order chi connectivity index (χ0) is 20.8. The van der Waals surface area contributed by atoms with Gasteiger partial charge in [-0.25, -0.2) is 4.79 Å². The molecule has 0 bridgehead atoms. The van der Waals surface area contributed by atoms with Crippen LogP contribution < -0.4 is 15.9 Å². The number of hydrogen-bond donors (Lipinski definition) is 1. The molecule has 0 aromatic carbocycles. The molecule has 1 N–H and O–H groups in total. The topological polar surface area (TPSA) is 43.3 Å². The van der Waals surface area contributed by atoms with E-state index < -0.39 is 5.60 Å². The van der Waals surface area contributed by atoms with E-state index in [2.05, 4.69) is 55.6 Å². The largest absolute Gasteiger partial charge is 0.444 e. The highest BCUT2D eigenvalue weighted by atomic mass is 16.6. The first-order valence-corrected chi connectivity index (χ1v) is 9.15. The summed E-state index contributed by atoms with van der Waals surface area (Å²) >= 11 is 0. The van der Waals surface area contributed by atoms with Gasteiger partial charge in [0.15, 0.2) is 0 Å². The third-order valence-electron chi connectivity index (χ3n) is 2.91. The first kappa shape index (κ1) is 26.0. The van der Waals surface area contributed by atoms with E-state index >= 15 is 0 Å². The Morgan fingerprint density at radius 1 is 1.27 bits per heavy atom. The van der Waals surface area contributed by atoms with E-state index in [0.29, 0.717) is 6.54 Å². The quantitative estimate of drug-likeness (QED) is 0.624. The Bertz CT molecular complexity index is 645. The van der Waals surface area contributed by atoms with Crippen molar-refractivity contribution in [3.8, 4) is 0 Å². The van der Waals surface area contributed by atoms with Crippen LogP contribution in [0.1, 0.15) is 54.9 Å². The number of nitrogens with one attached hydrogen (secondary N) is 1. The van der Waals surface area contributed by atoms with Gasteiger partial charge in [-0.05, 0) is 58.4 Å². The summed E-state index contributed by atoms with van der Waals surface area (Å²) < 4.78 is 7.35. The SMILES string of the molecule is C=C.C=c1ccn(CCCNC(=O)OC(C)(C)C)/c1=C/C=C(C)C.CC. The summed E-state index contributed by atoms with van der Waals surface area (Å²) in [6, 6.07) is 2.01. The molecule has 1 aromatic rings. The molecule has 148 valence electrons. The monoisotopic (exact) mass is 362 g/mol. The predicted octanol–water partition coefficient (Wildman–Crippen LogP) is 4.39. The van der Waals surface area contributed by atoms with E-state index in [1.165, 1.54) is 5.57 Å². The number of nitrogens with zero attached hydrogens (tertiary/aromatic N) is 1. The standard InChI is InChI=1S/C18H28N2O2.C2H6.C2H4/c1-14(2)8-9-16-15(3)10-13-20(16)12-7-11-19-17(21)22-18(4,5)6;2*1-2/h8-10,13H,3,7,11-12H2,1-2,4-6H3,(H,19,21);1-2H3;1-2H2/b16-9+;;. The van der Waals surface area contributed by atoms with Crippen molar-refractivity contribution in [1.82, 2.24) is 9.88 Å². The van der Waals surface area contributed by atoms with Crippen LogP contribution in [0, 0.1) is 0 Å². The molecule has 4 nitrogen and oxygen atoms in total. The molecule has 0 spiro atoms. The van der Waals surface area contributed by atoms with Gasteiger partial charge < -0.3 is 14.6 Å². The zero-order valence-electron chi connectivity index (χ0n) is 17.8. The molecular weight excluding hydrogens is 324 g/mol. The van der Waals surface area contributed by atoms with Gasteiger partial charge in [0.2, 0.25) is 0 Å². The first-order chi connectivity index (χ1) is 12.2. The van der Waals surface area contributed by atoms with Crippen LogP contribution in [0.5, 0.6) is 0 Å². The highest BCUT2D eigenvalue weighted by Gasteiger charge is 2.15. The summed E-state index contributed by atoms with van der Waals surface area (Å²) in [4.78, 5) is 11.6. The molecular formula is C22H38N2O2. The first-order valence-electron chi connectivity index (χ1n) is 9.15. The summed E-state index contributed by atoms with van der Waals surface area (Å²) in [5.41, 5.74) is 0.790.